The van der Waals surface area contributed by atoms with Gasteiger partial charge in [-0.05, 0) is 68.5 Å². The highest BCUT2D eigenvalue weighted by atomic mass is 16.6. The van der Waals surface area contributed by atoms with Gasteiger partial charge in [0.2, 0.25) is 0 Å². The first kappa shape index (κ1) is 28.1. The summed E-state index contributed by atoms with van der Waals surface area (Å²) >= 11 is 0. The van der Waals surface area contributed by atoms with Crippen molar-refractivity contribution in [1.29, 1.82) is 0 Å². The second kappa shape index (κ2) is 11.3. The minimum Gasteiger partial charge on any atom is -0.422 e. The molecule has 3 rings (SSSR count). The van der Waals surface area contributed by atoms with Crippen molar-refractivity contribution in [1.82, 2.24) is 0 Å². The molecule has 0 radical (unpaired) electrons. The minimum atomic E-state index is -0.680. The highest BCUT2D eigenvalue weighted by molar-refractivity contribution is 5.93. The van der Waals surface area contributed by atoms with Crippen molar-refractivity contribution in [2.75, 3.05) is 0 Å². The van der Waals surface area contributed by atoms with Crippen molar-refractivity contribution in [3.8, 4) is 34.1 Å². The molecule has 0 unspecified atom stereocenters. The Morgan fingerprint density at radius 1 is 0.684 bits per heavy atom. The first-order chi connectivity index (χ1) is 17.8. The molecule has 0 heterocycles. The van der Waals surface area contributed by atoms with Crippen LogP contribution in [-0.2, 0) is 32.0 Å². The average Bonchev–Trinajstić information content (AvgIpc) is 2.84. The lowest BCUT2D eigenvalue weighted by Gasteiger charge is -2.25. The lowest BCUT2D eigenvalue weighted by Crippen LogP contribution is -2.18. The van der Waals surface area contributed by atoms with Gasteiger partial charge in [0.1, 0.15) is 0 Å². The molecule has 1 aliphatic rings. The lowest BCUT2D eigenvalue weighted by atomic mass is 9.84. The molecule has 8 heteroatoms. The monoisotopic (exact) mass is 518 g/mol. The molecule has 38 heavy (non-hydrogen) atoms. The molecule has 0 N–H and O–H groups in total. The second-order valence-corrected chi connectivity index (χ2v) is 9.46. The molecular formula is C30H30O8. The fraction of sp³-hybridized carbons (Fsp3) is 0.267. The molecule has 2 aromatic carbocycles. The molecule has 0 spiro atoms. The van der Waals surface area contributed by atoms with Gasteiger partial charge in [0.15, 0.2) is 23.0 Å². The summed E-state index contributed by atoms with van der Waals surface area (Å²) in [5.74, 6) is -2.60. The molecule has 0 bridgehead atoms. The summed E-state index contributed by atoms with van der Waals surface area (Å²) in [6, 6.07) is 6.49. The number of carbonyl (C=O) groups is 4. The molecular weight excluding hydrogens is 488 g/mol. The van der Waals surface area contributed by atoms with Crippen molar-refractivity contribution in [3.05, 3.63) is 71.8 Å². The van der Waals surface area contributed by atoms with Crippen LogP contribution >= 0.6 is 0 Å². The molecule has 0 aliphatic heterocycles. The molecule has 0 amide bonds. The van der Waals surface area contributed by atoms with Crippen LogP contribution in [0.3, 0.4) is 0 Å². The average molecular weight is 519 g/mol. The number of ether oxygens (including phenoxy) is 4. The van der Waals surface area contributed by atoms with E-state index >= 15 is 0 Å². The van der Waals surface area contributed by atoms with E-state index in [9.17, 15) is 19.2 Å². The van der Waals surface area contributed by atoms with E-state index in [2.05, 4.69) is 19.7 Å². The molecule has 8 nitrogen and oxygen atoms in total. The van der Waals surface area contributed by atoms with Crippen LogP contribution in [0.2, 0.25) is 0 Å². The largest absolute Gasteiger partial charge is 0.422 e. The van der Waals surface area contributed by atoms with E-state index < -0.39 is 29.8 Å². The number of carbonyl (C=O) groups excluding carboxylic acids is 4. The Kier molecular flexibility index (Phi) is 8.36. The smallest absolute Gasteiger partial charge is 0.338 e. The maximum atomic E-state index is 12.5. The number of esters is 4. The number of aryl methyl sites for hydroxylation is 1. The predicted molar refractivity (Wildman–Crippen MR) is 141 cm³/mol. The first-order valence-electron chi connectivity index (χ1n) is 12.0. The molecule has 198 valence electrons. The van der Waals surface area contributed by atoms with Crippen molar-refractivity contribution in [3.63, 3.8) is 0 Å². The van der Waals surface area contributed by atoms with Gasteiger partial charge in [0.05, 0.1) is 5.92 Å². The van der Waals surface area contributed by atoms with Gasteiger partial charge in [0.25, 0.3) is 0 Å². The van der Waals surface area contributed by atoms with Crippen LogP contribution in [0.15, 0.2) is 60.7 Å². The van der Waals surface area contributed by atoms with Crippen LogP contribution in [0, 0.1) is 5.92 Å². The number of hydrogen-bond donors (Lipinski definition) is 0. The third-order valence-electron chi connectivity index (χ3n) is 5.66. The van der Waals surface area contributed by atoms with Crippen LogP contribution < -0.4 is 18.9 Å². The molecule has 0 aromatic heterocycles. The van der Waals surface area contributed by atoms with E-state index in [1.807, 2.05) is 0 Å². The molecule has 1 aliphatic carbocycles. The van der Waals surface area contributed by atoms with Crippen molar-refractivity contribution < 1.29 is 38.1 Å². The zero-order valence-electron chi connectivity index (χ0n) is 22.2. The van der Waals surface area contributed by atoms with Crippen LogP contribution in [0.5, 0.6) is 23.0 Å². The van der Waals surface area contributed by atoms with E-state index in [1.165, 1.54) is 26.8 Å². The summed E-state index contributed by atoms with van der Waals surface area (Å²) in [7, 11) is 0. The van der Waals surface area contributed by atoms with Crippen molar-refractivity contribution in [2.24, 2.45) is 5.92 Å². The normalized spacial score (nSPS) is 11.5. The lowest BCUT2D eigenvalue weighted by molar-refractivity contribution is -0.138. The van der Waals surface area contributed by atoms with E-state index in [4.69, 9.17) is 18.9 Å². The SMILES string of the molecule is C=C(C)C(=O)Oc1cc2c(cc1OC(=O)C(C)C)CCc1c-2ccc(OC(=O)C(=C)C)c1OC(=O)C(=C)C. The van der Waals surface area contributed by atoms with Gasteiger partial charge in [-0.15, -0.1) is 0 Å². The molecule has 0 atom stereocenters. The first-order valence-corrected chi connectivity index (χ1v) is 12.0. The highest BCUT2D eigenvalue weighted by Crippen LogP contribution is 2.46. The zero-order chi connectivity index (χ0) is 28.3. The zero-order valence-corrected chi connectivity index (χ0v) is 22.2. The second-order valence-electron chi connectivity index (χ2n) is 9.46. The van der Waals surface area contributed by atoms with Crippen LogP contribution in [0.4, 0.5) is 0 Å². The summed E-state index contributed by atoms with van der Waals surface area (Å²) in [5.41, 5.74) is 3.29. The summed E-state index contributed by atoms with van der Waals surface area (Å²) < 4.78 is 22.1. The van der Waals surface area contributed by atoms with Crippen LogP contribution in [-0.4, -0.2) is 23.9 Å². The van der Waals surface area contributed by atoms with Gasteiger partial charge < -0.3 is 18.9 Å². The van der Waals surface area contributed by atoms with Gasteiger partial charge in [0, 0.05) is 22.3 Å². The van der Waals surface area contributed by atoms with E-state index in [0.29, 0.717) is 29.5 Å². The topological polar surface area (TPSA) is 105 Å². The quantitative estimate of drug-likeness (QED) is 0.258. The Morgan fingerprint density at radius 3 is 1.76 bits per heavy atom. The standard InChI is InChI=1S/C30H30O8/c1-15(2)27(31)35-23-12-11-20-21(26(23)38-30(34)18(7)8)10-9-19-13-24(36-28(32)16(3)4)25(14-22(19)20)37-29(33)17(5)6/h11-14,16H,1,5,7,9-10H2,2-4,6,8H3. The van der Waals surface area contributed by atoms with Gasteiger partial charge in [-0.1, -0.05) is 39.7 Å². The van der Waals surface area contributed by atoms with Crippen LogP contribution in [0.25, 0.3) is 11.1 Å². The summed E-state index contributed by atoms with van der Waals surface area (Å²) in [6.45, 7) is 18.7. The van der Waals surface area contributed by atoms with Gasteiger partial charge in [-0.2, -0.15) is 0 Å². The maximum Gasteiger partial charge on any atom is 0.338 e. The molecule has 0 saturated heterocycles. The third kappa shape index (κ3) is 6.08. The third-order valence-corrected chi connectivity index (χ3v) is 5.66. The summed E-state index contributed by atoms with van der Waals surface area (Å²) in [6.07, 6.45) is 0.890. The van der Waals surface area contributed by atoms with Crippen molar-refractivity contribution >= 4 is 23.9 Å². The van der Waals surface area contributed by atoms with E-state index in [1.54, 1.807) is 32.0 Å². The van der Waals surface area contributed by atoms with Gasteiger partial charge in [-0.3, -0.25) is 4.79 Å². The fourth-order valence-electron chi connectivity index (χ4n) is 3.56. The molecule has 0 saturated carbocycles. The van der Waals surface area contributed by atoms with E-state index in [0.717, 1.165) is 5.56 Å². The Morgan fingerprint density at radius 2 is 1.21 bits per heavy atom. The van der Waals surface area contributed by atoms with E-state index in [-0.39, 0.29) is 39.7 Å². The Balaban J connectivity index is 2.19. The van der Waals surface area contributed by atoms with Gasteiger partial charge in [-0.25, -0.2) is 14.4 Å². The number of benzene rings is 2. The number of rotatable bonds is 8. The van der Waals surface area contributed by atoms with Crippen LogP contribution in [0.1, 0.15) is 45.7 Å². The highest BCUT2D eigenvalue weighted by Gasteiger charge is 2.28. The summed E-state index contributed by atoms with van der Waals surface area (Å²) in [4.78, 5) is 49.4. The Bertz CT molecular complexity index is 1390. The summed E-state index contributed by atoms with van der Waals surface area (Å²) in [5, 5.41) is 0. The molecule has 0 fully saturated rings. The Hall–Kier alpha value is -4.46. The molecule has 2 aromatic rings. The predicted octanol–water partition coefficient (Wildman–Crippen LogP) is 5.46. The maximum absolute atomic E-state index is 12.5. The Labute approximate surface area is 221 Å². The van der Waals surface area contributed by atoms with Gasteiger partial charge >= 0.3 is 23.9 Å². The minimum absolute atomic E-state index is 0.0388. The fourth-order valence-corrected chi connectivity index (χ4v) is 3.56. The number of hydrogen-bond acceptors (Lipinski definition) is 8. The number of fused-ring (bicyclic) bond motifs is 3. The van der Waals surface area contributed by atoms with Crippen molar-refractivity contribution in [2.45, 2.75) is 47.5 Å².